The molecule has 2 aliphatic carbocycles. The Morgan fingerprint density at radius 3 is 2.89 bits per heavy atom. The minimum Gasteiger partial charge on any atom is -0.389 e. The number of fused-ring (bicyclic) bond motifs is 1. The molecule has 1 saturated carbocycles. The molecular formula is C15H21N3S. The molecule has 0 aliphatic heterocycles. The van der Waals surface area contributed by atoms with E-state index >= 15 is 0 Å². The number of hydrogen-bond acceptors (Lipinski definition) is 3. The van der Waals surface area contributed by atoms with Crippen molar-refractivity contribution in [1.82, 2.24) is 4.98 Å². The van der Waals surface area contributed by atoms with E-state index in [0.29, 0.717) is 4.99 Å². The lowest BCUT2D eigenvalue weighted by molar-refractivity contribution is 0.717. The minimum atomic E-state index is 0.466. The molecule has 102 valence electrons. The highest BCUT2D eigenvalue weighted by atomic mass is 32.1. The van der Waals surface area contributed by atoms with Gasteiger partial charge in [0.05, 0.1) is 5.56 Å². The van der Waals surface area contributed by atoms with Gasteiger partial charge in [0.15, 0.2) is 0 Å². The summed E-state index contributed by atoms with van der Waals surface area (Å²) in [6, 6.07) is 2.17. The Morgan fingerprint density at radius 2 is 2.26 bits per heavy atom. The van der Waals surface area contributed by atoms with Crippen LogP contribution in [0.1, 0.15) is 36.6 Å². The number of nitrogens with zero attached hydrogens (tertiary/aromatic N) is 2. The van der Waals surface area contributed by atoms with Gasteiger partial charge in [-0.15, -0.1) is 0 Å². The van der Waals surface area contributed by atoms with E-state index in [9.17, 15) is 0 Å². The number of nitrogens with two attached hydrogens (primary N) is 1. The average Bonchev–Trinajstić information content (AvgIpc) is 2.90. The van der Waals surface area contributed by atoms with E-state index in [0.717, 1.165) is 42.6 Å². The molecule has 0 spiro atoms. The second-order valence-corrected chi connectivity index (χ2v) is 6.48. The fourth-order valence-corrected chi connectivity index (χ4v) is 3.18. The van der Waals surface area contributed by atoms with Gasteiger partial charge < -0.3 is 10.6 Å². The van der Waals surface area contributed by atoms with Crippen LogP contribution in [0.5, 0.6) is 0 Å². The largest absolute Gasteiger partial charge is 0.389 e. The van der Waals surface area contributed by atoms with Crippen LogP contribution in [0, 0.1) is 11.8 Å². The molecule has 0 aromatic carbocycles. The molecule has 1 heterocycles. The van der Waals surface area contributed by atoms with E-state index in [2.05, 4.69) is 24.9 Å². The molecule has 2 N–H and O–H groups in total. The maximum atomic E-state index is 5.88. The Hall–Kier alpha value is -1.16. The first-order valence-electron chi connectivity index (χ1n) is 7.10. The van der Waals surface area contributed by atoms with Crippen LogP contribution in [0.25, 0.3) is 0 Å². The summed E-state index contributed by atoms with van der Waals surface area (Å²) in [5.41, 5.74) is 9.41. The molecular weight excluding hydrogens is 254 g/mol. The summed E-state index contributed by atoms with van der Waals surface area (Å²) >= 11 is 5.20. The molecule has 1 fully saturated rings. The molecule has 3 rings (SSSR count). The normalized spacial score (nSPS) is 24.1. The number of thiocarbonyl (C=S) groups is 1. The van der Waals surface area contributed by atoms with Crippen molar-refractivity contribution in [2.24, 2.45) is 17.6 Å². The smallest absolute Gasteiger partial charge is 0.138 e. The molecule has 0 radical (unpaired) electrons. The van der Waals surface area contributed by atoms with Crippen LogP contribution in [0.15, 0.2) is 6.07 Å². The SMILES string of the molecule is CC1CC1CN(C)c1nc2c(cc1C(N)=S)CCC2. The highest BCUT2D eigenvalue weighted by Gasteiger charge is 2.34. The Balaban J connectivity index is 1.91. The van der Waals surface area contributed by atoms with Crippen LogP contribution >= 0.6 is 12.2 Å². The van der Waals surface area contributed by atoms with Crippen molar-refractivity contribution in [2.45, 2.75) is 32.6 Å². The Morgan fingerprint density at radius 1 is 1.53 bits per heavy atom. The zero-order valence-electron chi connectivity index (χ0n) is 11.6. The number of hydrogen-bond donors (Lipinski definition) is 1. The van der Waals surface area contributed by atoms with Gasteiger partial charge in [0.1, 0.15) is 10.8 Å². The van der Waals surface area contributed by atoms with E-state index < -0.39 is 0 Å². The van der Waals surface area contributed by atoms with Gasteiger partial charge in [0, 0.05) is 19.3 Å². The molecule has 0 bridgehead atoms. The van der Waals surface area contributed by atoms with Crippen molar-refractivity contribution in [1.29, 1.82) is 0 Å². The average molecular weight is 275 g/mol. The maximum absolute atomic E-state index is 5.88. The molecule has 19 heavy (non-hydrogen) atoms. The fraction of sp³-hybridized carbons (Fsp3) is 0.600. The maximum Gasteiger partial charge on any atom is 0.138 e. The minimum absolute atomic E-state index is 0.466. The van der Waals surface area contributed by atoms with Crippen molar-refractivity contribution in [2.75, 3.05) is 18.5 Å². The van der Waals surface area contributed by atoms with Crippen molar-refractivity contribution in [3.63, 3.8) is 0 Å². The Bertz CT molecular complexity index is 526. The van der Waals surface area contributed by atoms with Crippen LogP contribution in [0.2, 0.25) is 0 Å². The summed E-state index contributed by atoms with van der Waals surface area (Å²) in [4.78, 5) is 7.54. The summed E-state index contributed by atoms with van der Waals surface area (Å²) in [5, 5.41) is 0. The predicted molar refractivity (Wildman–Crippen MR) is 82.7 cm³/mol. The molecule has 2 unspecified atom stereocenters. The number of pyridine rings is 1. The fourth-order valence-electron chi connectivity index (χ4n) is 3.03. The number of anilines is 1. The van der Waals surface area contributed by atoms with Crippen molar-refractivity contribution in [3.05, 3.63) is 22.9 Å². The Kier molecular flexibility index (Phi) is 3.21. The summed E-state index contributed by atoms with van der Waals surface area (Å²) < 4.78 is 0. The van der Waals surface area contributed by atoms with Crippen LogP contribution in [-0.4, -0.2) is 23.6 Å². The third-order valence-corrected chi connectivity index (χ3v) is 4.66. The Labute approximate surface area is 120 Å². The van der Waals surface area contributed by atoms with Gasteiger partial charge in [-0.05, 0) is 49.1 Å². The van der Waals surface area contributed by atoms with Crippen LogP contribution < -0.4 is 10.6 Å². The van der Waals surface area contributed by atoms with Crippen LogP contribution in [0.4, 0.5) is 5.82 Å². The first-order chi connectivity index (χ1) is 9.06. The molecule has 0 amide bonds. The molecule has 4 heteroatoms. The lowest BCUT2D eigenvalue weighted by atomic mass is 10.1. The van der Waals surface area contributed by atoms with Crippen LogP contribution in [-0.2, 0) is 12.8 Å². The van der Waals surface area contributed by atoms with Gasteiger partial charge in [0.2, 0.25) is 0 Å². The standard InChI is InChI=1S/C15H21N3S/c1-9-6-11(9)8-18(2)15-12(14(16)19)7-10-4-3-5-13(10)17-15/h7,9,11H,3-6,8H2,1-2H3,(H2,16,19). The predicted octanol–water partition coefficient (Wildman–Crippen LogP) is 2.30. The molecule has 1 aromatic heterocycles. The van der Waals surface area contributed by atoms with Crippen LogP contribution in [0.3, 0.4) is 0 Å². The highest BCUT2D eigenvalue weighted by molar-refractivity contribution is 7.80. The zero-order valence-corrected chi connectivity index (χ0v) is 12.5. The van der Waals surface area contributed by atoms with E-state index in [4.69, 9.17) is 22.9 Å². The van der Waals surface area contributed by atoms with Crippen molar-refractivity contribution in [3.8, 4) is 0 Å². The van der Waals surface area contributed by atoms with Gasteiger partial charge in [0.25, 0.3) is 0 Å². The van der Waals surface area contributed by atoms with Gasteiger partial charge >= 0.3 is 0 Å². The summed E-state index contributed by atoms with van der Waals surface area (Å²) in [6.45, 7) is 3.37. The van der Waals surface area contributed by atoms with E-state index in [1.807, 2.05) is 0 Å². The molecule has 1 aromatic rings. The second-order valence-electron chi connectivity index (χ2n) is 6.04. The van der Waals surface area contributed by atoms with Gasteiger partial charge in [-0.25, -0.2) is 4.98 Å². The lowest BCUT2D eigenvalue weighted by Gasteiger charge is -2.22. The third kappa shape index (κ3) is 2.46. The molecule has 2 atom stereocenters. The monoisotopic (exact) mass is 275 g/mol. The zero-order chi connectivity index (χ0) is 13.6. The summed E-state index contributed by atoms with van der Waals surface area (Å²) in [6.07, 6.45) is 4.73. The summed E-state index contributed by atoms with van der Waals surface area (Å²) in [7, 11) is 2.11. The third-order valence-electron chi connectivity index (χ3n) is 4.44. The van der Waals surface area contributed by atoms with E-state index in [-0.39, 0.29) is 0 Å². The number of rotatable bonds is 4. The first kappa shape index (κ1) is 12.9. The van der Waals surface area contributed by atoms with Crippen molar-refractivity contribution < 1.29 is 0 Å². The molecule has 3 nitrogen and oxygen atoms in total. The number of aryl methyl sites for hydroxylation is 2. The van der Waals surface area contributed by atoms with Gasteiger partial charge in [-0.3, -0.25) is 0 Å². The topological polar surface area (TPSA) is 42.2 Å². The number of aromatic nitrogens is 1. The van der Waals surface area contributed by atoms with Gasteiger partial charge in [-0.2, -0.15) is 0 Å². The first-order valence-corrected chi connectivity index (χ1v) is 7.51. The van der Waals surface area contributed by atoms with Gasteiger partial charge in [-0.1, -0.05) is 19.1 Å². The summed E-state index contributed by atoms with van der Waals surface area (Å²) in [5.74, 6) is 2.64. The molecule has 0 saturated heterocycles. The van der Waals surface area contributed by atoms with Crippen molar-refractivity contribution >= 4 is 23.0 Å². The lowest BCUT2D eigenvalue weighted by Crippen LogP contribution is -2.26. The second kappa shape index (κ2) is 4.75. The molecule has 2 aliphatic rings. The van der Waals surface area contributed by atoms with E-state index in [1.165, 1.54) is 24.1 Å². The highest BCUT2D eigenvalue weighted by Crippen LogP contribution is 2.39. The van der Waals surface area contributed by atoms with E-state index in [1.54, 1.807) is 0 Å². The quantitative estimate of drug-likeness (QED) is 0.856.